The van der Waals surface area contributed by atoms with E-state index in [0.717, 1.165) is 80.4 Å². The van der Waals surface area contributed by atoms with Gasteiger partial charge in [0.25, 0.3) is 5.91 Å². The summed E-state index contributed by atoms with van der Waals surface area (Å²) in [5.41, 5.74) is 3.22. The van der Waals surface area contributed by atoms with Crippen LogP contribution in [0.2, 0.25) is 0 Å². The van der Waals surface area contributed by atoms with Gasteiger partial charge in [-0.25, -0.2) is 9.78 Å². The van der Waals surface area contributed by atoms with Crippen molar-refractivity contribution in [3.8, 4) is 0 Å². The number of methoxy groups -OCH3 is 1. The molecular formula is C33H39N3O5. The van der Waals surface area contributed by atoms with E-state index >= 15 is 0 Å². The minimum absolute atomic E-state index is 0.0519. The molecule has 41 heavy (non-hydrogen) atoms. The molecule has 8 heteroatoms. The van der Waals surface area contributed by atoms with Crippen LogP contribution in [0.3, 0.4) is 0 Å². The molecule has 1 aliphatic rings. The Morgan fingerprint density at radius 2 is 1.71 bits per heavy atom. The number of H-pyrrole nitrogens is 1. The first-order valence-corrected chi connectivity index (χ1v) is 14.6. The van der Waals surface area contributed by atoms with Gasteiger partial charge in [-0.2, -0.15) is 0 Å². The highest BCUT2D eigenvalue weighted by Gasteiger charge is 2.49. The molecule has 2 aromatic heterocycles. The Hall–Kier alpha value is -3.43. The topological polar surface area (TPSA) is 97.7 Å². The molecule has 0 saturated carbocycles. The lowest BCUT2D eigenvalue weighted by Gasteiger charge is -2.45. The SMILES string of the molecule is CC[C@@](O)(CCCCCCOOC)[C@@](C)(OC)n1c2ccccc2c2c3c(c4c5ccccc5[nH]c4c21)C(=O)NC3. The maximum absolute atomic E-state index is 13.3. The zero-order chi connectivity index (χ0) is 28.8. The number of carbonyl (C=O) groups excluding carboxylic acids is 1. The van der Waals surface area contributed by atoms with Gasteiger partial charge < -0.3 is 24.7 Å². The molecule has 8 nitrogen and oxygen atoms in total. The van der Waals surface area contributed by atoms with E-state index in [4.69, 9.17) is 9.62 Å². The molecule has 3 heterocycles. The van der Waals surface area contributed by atoms with Crippen molar-refractivity contribution in [2.45, 2.75) is 70.2 Å². The van der Waals surface area contributed by atoms with Crippen molar-refractivity contribution in [1.29, 1.82) is 0 Å². The fourth-order valence-corrected chi connectivity index (χ4v) is 7.01. The van der Waals surface area contributed by atoms with Gasteiger partial charge in [-0.15, -0.1) is 0 Å². The number of unbranched alkanes of at least 4 members (excludes halogenated alkanes) is 3. The van der Waals surface area contributed by atoms with E-state index in [1.807, 2.05) is 44.2 Å². The smallest absolute Gasteiger partial charge is 0.252 e. The van der Waals surface area contributed by atoms with Crippen molar-refractivity contribution in [3.63, 3.8) is 0 Å². The van der Waals surface area contributed by atoms with Gasteiger partial charge in [0, 0.05) is 40.7 Å². The van der Waals surface area contributed by atoms with Gasteiger partial charge in [0.1, 0.15) is 5.60 Å². The van der Waals surface area contributed by atoms with Crippen molar-refractivity contribution in [2.24, 2.45) is 0 Å². The van der Waals surface area contributed by atoms with Gasteiger partial charge in [-0.3, -0.25) is 4.79 Å². The zero-order valence-electron chi connectivity index (χ0n) is 24.3. The average Bonchev–Trinajstić information content (AvgIpc) is 3.67. The first kappa shape index (κ1) is 27.7. The fraction of sp³-hybridized carbons (Fsp3) is 0.424. The van der Waals surface area contributed by atoms with Gasteiger partial charge in [0.2, 0.25) is 0 Å². The minimum atomic E-state index is -1.16. The number of nitrogens with one attached hydrogen (secondary N) is 2. The molecule has 0 unspecified atom stereocenters. The van der Waals surface area contributed by atoms with Crippen LogP contribution in [0, 0.1) is 0 Å². The van der Waals surface area contributed by atoms with Crippen LogP contribution in [-0.2, 0) is 26.8 Å². The Bertz CT molecular complexity index is 1750. The number of carbonyl (C=O) groups is 1. The summed E-state index contributed by atoms with van der Waals surface area (Å²) < 4.78 is 8.60. The van der Waals surface area contributed by atoms with Crippen molar-refractivity contribution in [3.05, 3.63) is 59.7 Å². The minimum Gasteiger partial charge on any atom is -0.385 e. The molecule has 0 radical (unpaired) electrons. The van der Waals surface area contributed by atoms with Gasteiger partial charge in [-0.1, -0.05) is 62.6 Å². The number of benzene rings is 3. The molecule has 0 bridgehead atoms. The molecule has 1 amide bonds. The van der Waals surface area contributed by atoms with Crippen molar-refractivity contribution < 1.29 is 24.4 Å². The van der Waals surface area contributed by atoms with Crippen molar-refractivity contribution >= 4 is 49.5 Å². The van der Waals surface area contributed by atoms with E-state index < -0.39 is 11.3 Å². The van der Waals surface area contributed by atoms with Crippen LogP contribution in [0.15, 0.2) is 48.5 Å². The maximum Gasteiger partial charge on any atom is 0.252 e. The van der Waals surface area contributed by atoms with Crippen LogP contribution in [-0.4, -0.2) is 47.0 Å². The number of amides is 1. The Morgan fingerprint density at radius 3 is 2.46 bits per heavy atom. The van der Waals surface area contributed by atoms with Crippen LogP contribution >= 0.6 is 0 Å². The molecule has 6 rings (SSSR count). The largest absolute Gasteiger partial charge is 0.385 e. The highest BCUT2D eigenvalue weighted by atomic mass is 17.2. The monoisotopic (exact) mass is 557 g/mol. The summed E-state index contributed by atoms with van der Waals surface area (Å²) in [6.07, 6.45) is 4.81. The molecule has 3 N–H and O–H groups in total. The third-order valence-electron chi connectivity index (χ3n) is 9.28. The van der Waals surface area contributed by atoms with E-state index in [1.165, 1.54) is 7.11 Å². The first-order chi connectivity index (χ1) is 19.9. The van der Waals surface area contributed by atoms with Gasteiger partial charge >= 0.3 is 0 Å². The maximum atomic E-state index is 13.3. The Labute approximate surface area is 239 Å². The molecule has 1 aliphatic heterocycles. The lowest BCUT2D eigenvalue weighted by atomic mass is 9.82. The summed E-state index contributed by atoms with van der Waals surface area (Å²) in [6, 6.07) is 16.4. The highest BCUT2D eigenvalue weighted by molar-refractivity contribution is 6.30. The summed E-state index contributed by atoms with van der Waals surface area (Å²) in [5.74, 6) is -0.0519. The summed E-state index contributed by atoms with van der Waals surface area (Å²) in [7, 11) is 3.21. The Balaban J connectivity index is 1.59. The molecular weight excluding hydrogens is 518 g/mol. The van der Waals surface area contributed by atoms with E-state index in [9.17, 15) is 9.90 Å². The number of aliphatic hydroxyl groups is 1. The molecule has 216 valence electrons. The third kappa shape index (κ3) is 4.15. The number of hydrogen-bond acceptors (Lipinski definition) is 5. The molecule has 5 aromatic rings. The highest BCUT2D eigenvalue weighted by Crippen LogP contribution is 2.48. The number of aromatic amines is 1. The number of ether oxygens (including phenoxy) is 1. The summed E-state index contributed by atoms with van der Waals surface area (Å²) in [5, 5.41) is 19.5. The lowest BCUT2D eigenvalue weighted by Crippen LogP contribution is -2.54. The fourth-order valence-electron chi connectivity index (χ4n) is 7.01. The van der Waals surface area contributed by atoms with E-state index in [0.29, 0.717) is 26.0 Å². The Kier molecular flexibility index (Phi) is 7.28. The average molecular weight is 558 g/mol. The number of hydrogen-bond donors (Lipinski definition) is 3. The predicted octanol–water partition coefficient (Wildman–Crippen LogP) is 6.66. The van der Waals surface area contributed by atoms with Gasteiger partial charge in [-0.05, 0) is 43.9 Å². The third-order valence-corrected chi connectivity index (χ3v) is 9.28. The van der Waals surface area contributed by atoms with E-state index in [1.54, 1.807) is 7.11 Å². The van der Waals surface area contributed by atoms with E-state index in [2.05, 4.69) is 38.0 Å². The van der Waals surface area contributed by atoms with Crippen LogP contribution in [0.25, 0.3) is 43.6 Å². The Morgan fingerprint density at radius 1 is 0.976 bits per heavy atom. The quantitative estimate of drug-likeness (QED) is 0.0905. The standard InChI is InChI=1S/C33H39N3O5/c1-5-33(38,18-12-6-7-13-19-41-40-4)32(2,39-3)36-25-17-11-9-15-22(25)26-23-20-34-31(37)28(23)27-21-14-8-10-16-24(21)35-29(27)30(26)36/h8-11,14-17,35,38H,5-7,12-13,18-20H2,1-4H3,(H,34,37)/t32-,33-/m1/s1. The summed E-state index contributed by atoms with van der Waals surface area (Å²) in [4.78, 5) is 26.6. The lowest BCUT2D eigenvalue weighted by molar-refractivity contribution is -0.272. The van der Waals surface area contributed by atoms with Crippen LogP contribution in [0.4, 0.5) is 0 Å². The number of rotatable bonds is 12. The van der Waals surface area contributed by atoms with Crippen molar-refractivity contribution in [2.75, 3.05) is 20.8 Å². The van der Waals surface area contributed by atoms with Crippen molar-refractivity contribution in [1.82, 2.24) is 14.9 Å². The zero-order valence-corrected chi connectivity index (χ0v) is 24.3. The van der Waals surface area contributed by atoms with E-state index in [-0.39, 0.29) is 5.91 Å². The number of aromatic nitrogens is 2. The predicted molar refractivity (Wildman–Crippen MR) is 162 cm³/mol. The molecule has 0 spiro atoms. The normalized spacial score (nSPS) is 16.5. The second-order valence-electron chi connectivity index (χ2n) is 11.3. The molecule has 2 atom stereocenters. The molecule has 0 fully saturated rings. The van der Waals surface area contributed by atoms with Crippen LogP contribution in [0.5, 0.6) is 0 Å². The molecule has 3 aromatic carbocycles. The second kappa shape index (κ2) is 10.8. The van der Waals surface area contributed by atoms with Gasteiger partial charge in [0.15, 0.2) is 5.72 Å². The van der Waals surface area contributed by atoms with Crippen LogP contribution < -0.4 is 5.32 Å². The second-order valence-corrected chi connectivity index (χ2v) is 11.3. The first-order valence-electron chi connectivity index (χ1n) is 14.6. The number of nitrogens with zero attached hydrogens (tertiary/aromatic N) is 1. The number of fused-ring (bicyclic) bond motifs is 10. The molecule has 0 aliphatic carbocycles. The number of para-hydroxylation sites is 2. The van der Waals surface area contributed by atoms with Crippen LogP contribution in [0.1, 0.15) is 68.3 Å². The molecule has 0 saturated heterocycles. The van der Waals surface area contributed by atoms with Gasteiger partial charge in [0.05, 0.1) is 35.8 Å². The summed E-state index contributed by atoms with van der Waals surface area (Å²) >= 11 is 0. The summed E-state index contributed by atoms with van der Waals surface area (Å²) in [6.45, 7) is 5.05.